The van der Waals surface area contributed by atoms with Gasteiger partial charge in [-0.15, -0.1) is 0 Å². The summed E-state index contributed by atoms with van der Waals surface area (Å²) in [4.78, 5) is 0. The van der Waals surface area contributed by atoms with Crippen LogP contribution < -0.4 is 9.32 Å². The van der Waals surface area contributed by atoms with Crippen LogP contribution in [0.2, 0.25) is 0 Å². The van der Waals surface area contributed by atoms with Crippen molar-refractivity contribution in [2.45, 2.75) is 0 Å². The van der Waals surface area contributed by atoms with E-state index in [9.17, 15) is 0 Å². The van der Waals surface area contributed by atoms with Crippen molar-refractivity contribution in [1.82, 2.24) is 0 Å². The Hall–Kier alpha value is 1.09. The number of halogens is 2. The molecule has 0 amide bonds. The van der Waals surface area contributed by atoms with Gasteiger partial charge in [-0.2, -0.15) is 0 Å². The first kappa shape index (κ1) is 29.6. The molecular formula is H2B2CaCl2O6. The summed E-state index contributed by atoms with van der Waals surface area (Å²) in [6.07, 6.45) is 0. The third kappa shape index (κ3) is 772. The Labute approximate surface area is 104 Å². The summed E-state index contributed by atoms with van der Waals surface area (Å²) in [6.45, 7) is 0. The van der Waals surface area contributed by atoms with E-state index in [1.54, 1.807) is 0 Å². The fourth-order valence-electron chi connectivity index (χ4n) is 0. The van der Waals surface area contributed by atoms with E-state index in [4.69, 9.17) is 28.8 Å². The molecule has 0 atom stereocenters. The van der Waals surface area contributed by atoms with E-state index >= 15 is 0 Å². The van der Waals surface area contributed by atoms with Gasteiger partial charge in [-0.05, 0) is 0 Å². The zero-order valence-electron chi connectivity index (χ0n) is 5.15. The van der Waals surface area contributed by atoms with Crippen LogP contribution in [0.15, 0.2) is 0 Å². The van der Waals surface area contributed by atoms with Crippen LogP contribution in [-0.2, 0) is 9.41 Å². The first-order chi connectivity index (χ1) is 4.83. The van der Waals surface area contributed by atoms with Gasteiger partial charge in [0.05, 0.1) is 0 Å². The van der Waals surface area contributed by atoms with Gasteiger partial charge in [0.15, 0.2) is 0 Å². The van der Waals surface area contributed by atoms with E-state index in [0.717, 1.165) is 0 Å². The Balaban J connectivity index is -0.0000000144. The molecule has 0 rings (SSSR count). The zero-order valence-corrected chi connectivity index (χ0v) is 8.87. The molecule has 0 aromatic rings. The van der Waals surface area contributed by atoms with Crippen LogP contribution in [0.5, 0.6) is 0 Å². The SMILES string of the molecule is O=BO.O=BO.[Ca+2].[O-]Cl.[O-]Cl. The molecule has 0 aliphatic heterocycles. The molecule has 0 aliphatic rings. The monoisotopic (exact) mass is 230 g/mol. The maximum atomic E-state index is 8.36. The average Bonchev–Trinajstić information content (AvgIpc) is 1.99. The molecule has 2 N–H and O–H groups in total. The van der Waals surface area contributed by atoms with Gasteiger partial charge in [-0.25, -0.2) is 23.7 Å². The summed E-state index contributed by atoms with van der Waals surface area (Å²) < 4.78 is 32.2. The molecule has 0 heterocycles. The molecule has 11 heteroatoms. The van der Waals surface area contributed by atoms with Crippen LogP contribution in [0.25, 0.3) is 0 Å². The van der Waals surface area contributed by atoms with E-state index in [1.807, 2.05) is 0 Å². The second kappa shape index (κ2) is 118. The van der Waals surface area contributed by atoms with Crippen LogP contribution >= 0.6 is 23.7 Å². The van der Waals surface area contributed by atoms with Crippen molar-refractivity contribution < 1.29 is 28.8 Å². The molecule has 0 bridgehead atoms. The summed E-state index contributed by atoms with van der Waals surface area (Å²) in [5.74, 6) is 0. The molecule has 0 aromatic heterocycles. The van der Waals surface area contributed by atoms with Crippen molar-refractivity contribution in [2.75, 3.05) is 0 Å². The maximum absolute atomic E-state index is 8.36. The fraction of sp³-hybridized carbons (Fsp3) is 0. The summed E-state index contributed by atoms with van der Waals surface area (Å²) >= 11 is 6.78. The fourth-order valence-corrected chi connectivity index (χ4v) is 0. The predicted octanol–water partition coefficient (Wildman–Crippen LogP) is -3.49. The minimum Gasteiger partial charge on any atom is -0.769 e. The molecule has 0 fully saturated rings. The first-order valence-corrected chi connectivity index (χ1v) is 1.91. The molecule has 60 valence electrons. The average molecular weight is 231 g/mol. The molecule has 0 unspecified atom stereocenters. The third-order valence-corrected chi connectivity index (χ3v) is 0. The Morgan fingerprint density at radius 2 is 0.909 bits per heavy atom. The summed E-state index contributed by atoms with van der Waals surface area (Å²) in [6, 6.07) is 0. The quantitative estimate of drug-likeness (QED) is 0.417. The Kier molecular flexibility index (Phi) is 318. The van der Waals surface area contributed by atoms with Gasteiger partial charge in [0.1, 0.15) is 0 Å². The van der Waals surface area contributed by atoms with E-state index in [2.05, 4.69) is 23.7 Å². The van der Waals surface area contributed by atoms with E-state index in [-0.39, 0.29) is 52.4 Å². The molecule has 0 spiro atoms. The van der Waals surface area contributed by atoms with E-state index < -0.39 is 0 Å². The molecule has 0 aliphatic carbocycles. The van der Waals surface area contributed by atoms with Crippen molar-refractivity contribution in [3.63, 3.8) is 0 Å². The summed E-state index contributed by atoms with van der Waals surface area (Å²) in [5, 5.41) is 13.8. The number of hydrogen-bond acceptors (Lipinski definition) is 4. The molecular weight excluding hydrogens is 229 g/mol. The number of rotatable bonds is 0. The zero-order chi connectivity index (χ0) is 9.41. The topological polar surface area (TPSA) is 121 Å². The van der Waals surface area contributed by atoms with Gasteiger partial charge >= 0.3 is 71.9 Å². The second-order valence-electron chi connectivity index (χ2n) is 0.211. The van der Waals surface area contributed by atoms with Gasteiger partial charge in [-0.3, -0.25) is 0 Å². The third-order valence-electron chi connectivity index (χ3n) is 0. The maximum Gasteiger partial charge on any atom is 2.00 e. The first-order valence-electron chi connectivity index (χ1n) is 1.30. The van der Waals surface area contributed by atoms with Crippen molar-refractivity contribution in [3.8, 4) is 0 Å². The molecule has 0 saturated heterocycles. The van der Waals surface area contributed by atoms with Gasteiger partial charge in [-0.1, -0.05) is 0 Å². The standard InChI is InChI=1S/2BHO2.Ca.2ClO/c2*2-1-3;;2*1-2/h2*2H;;;/q;;+2;2*-1. The predicted molar refractivity (Wildman–Crippen MR) is 34.8 cm³/mol. The minimum absolute atomic E-state index is 0. The molecule has 11 heavy (non-hydrogen) atoms. The van der Waals surface area contributed by atoms with Gasteiger partial charge < -0.3 is 9.32 Å². The Morgan fingerprint density at radius 1 is 0.909 bits per heavy atom. The Morgan fingerprint density at radius 3 is 0.909 bits per heavy atom. The Bertz CT molecular complexity index is 39.6. The van der Waals surface area contributed by atoms with Gasteiger partial charge in [0.2, 0.25) is 0 Å². The molecule has 0 radical (unpaired) electrons. The second-order valence-corrected chi connectivity index (χ2v) is 0.211. The molecule has 0 aromatic carbocycles. The summed E-state index contributed by atoms with van der Waals surface area (Å²) in [5.41, 5.74) is 0. The van der Waals surface area contributed by atoms with Crippen LogP contribution in [0.3, 0.4) is 0 Å². The molecule has 0 saturated carbocycles. The number of hydrogen-bond donors (Lipinski definition) is 2. The van der Waals surface area contributed by atoms with Gasteiger partial charge in [0.25, 0.3) is 0 Å². The minimum atomic E-state index is -0.250. The van der Waals surface area contributed by atoms with E-state index in [0.29, 0.717) is 0 Å². The van der Waals surface area contributed by atoms with Crippen molar-refractivity contribution in [1.29, 1.82) is 0 Å². The van der Waals surface area contributed by atoms with Crippen molar-refractivity contribution in [2.24, 2.45) is 0 Å². The van der Waals surface area contributed by atoms with Crippen LogP contribution in [0.4, 0.5) is 0 Å². The van der Waals surface area contributed by atoms with Crippen LogP contribution in [-0.4, -0.2) is 62.5 Å². The molecule has 6 nitrogen and oxygen atoms in total. The van der Waals surface area contributed by atoms with Crippen molar-refractivity contribution >= 4 is 76.2 Å². The normalized spacial score (nSPS) is 2.55. The van der Waals surface area contributed by atoms with Crippen LogP contribution in [0, 0.1) is 0 Å². The largest absolute Gasteiger partial charge is 2.00 e. The van der Waals surface area contributed by atoms with Gasteiger partial charge in [0, 0.05) is 0 Å². The van der Waals surface area contributed by atoms with Crippen molar-refractivity contribution in [3.05, 3.63) is 0 Å². The summed E-state index contributed by atoms with van der Waals surface area (Å²) in [7, 11) is -0.500. The van der Waals surface area contributed by atoms with E-state index in [1.165, 1.54) is 0 Å². The van der Waals surface area contributed by atoms with Crippen LogP contribution in [0.1, 0.15) is 0 Å². The smallest absolute Gasteiger partial charge is 0.769 e.